The number of carboxylic acids is 1. The van der Waals surface area contributed by atoms with E-state index in [9.17, 15) is 29.5 Å². The summed E-state index contributed by atoms with van der Waals surface area (Å²) in [5.41, 5.74) is 1.19. The monoisotopic (exact) mass is 469 g/mol. The Labute approximate surface area is 183 Å². The van der Waals surface area contributed by atoms with Crippen LogP contribution in [-0.4, -0.2) is 48.0 Å². The Morgan fingerprint density at radius 3 is 2.38 bits per heavy atom. The third kappa shape index (κ3) is 7.09. The van der Waals surface area contributed by atoms with E-state index in [0.717, 1.165) is 0 Å². The van der Waals surface area contributed by atoms with Crippen molar-refractivity contribution in [2.24, 2.45) is 0 Å². The maximum absolute atomic E-state index is 11.8. The molecule has 1 heterocycles. The Kier molecular flexibility index (Phi) is 8.44. The van der Waals surface area contributed by atoms with Crippen molar-refractivity contribution in [3.8, 4) is 5.75 Å². The van der Waals surface area contributed by atoms with E-state index in [1.165, 1.54) is 44.3 Å². The number of carbonyl (C=O) groups excluding carboxylic acids is 1. The highest BCUT2D eigenvalue weighted by molar-refractivity contribution is 7.46. The average molecular weight is 469 g/mol. The molecule has 0 unspecified atom stereocenters. The summed E-state index contributed by atoms with van der Waals surface area (Å²) >= 11 is 0. The molecule has 0 bridgehead atoms. The number of hydrogen-bond donors (Lipinski definition) is 7. The molecule has 0 fully saturated rings. The fraction of sp³-hybridized carbons (Fsp3) is 0.316. The lowest BCUT2D eigenvalue weighted by Gasteiger charge is -2.22. The van der Waals surface area contributed by atoms with Gasteiger partial charge in [-0.1, -0.05) is 12.1 Å². The number of aromatic nitrogens is 1. The van der Waals surface area contributed by atoms with E-state index in [2.05, 4.69) is 20.1 Å². The summed E-state index contributed by atoms with van der Waals surface area (Å²) in [5.74, 6) is -1.96. The number of nitrogens with zero attached hydrogens (tertiary/aromatic N) is 1. The number of aromatic hydroxyl groups is 1. The van der Waals surface area contributed by atoms with Gasteiger partial charge in [0.05, 0.1) is 12.3 Å². The zero-order chi connectivity index (χ0) is 24.1. The molecule has 174 valence electrons. The van der Waals surface area contributed by atoms with Crippen molar-refractivity contribution < 1.29 is 43.8 Å². The van der Waals surface area contributed by atoms with E-state index in [0.29, 0.717) is 5.69 Å². The highest BCUT2D eigenvalue weighted by atomic mass is 31.2. The largest absolute Gasteiger partial charge is 0.506 e. The Bertz CT molecular complexity index is 1020. The predicted octanol–water partition coefficient (Wildman–Crippen LogP) is 0.940. The third-order valence-electron chi connectivity index (χ3n) is 4.47. The van der Waals surface area contributed by atoms with Gasteiger partial charge in [-0.3, -0.25) is 24.4 Å². The van der Waals surface area contributed by atoms with E-state index >= 15 is 0 Å². The molecular weight excluding hydrogens is 445 g/mol. The second kappa shape index (κ2) is 10.6. The highest BCUT2D eigenvalue weighted by Crippen LogP contribution is 2.38. The van der Waals surface area contributed by atoms with Crippen molar-refractivity contribution in [3.63, 3.8) is 0 Å². The molecule has 0 aliphatic rings. The topological polar surface area (TPSA) is 199 Å². The van der Waals surface area contributed by atoms with E-state index in [1.807, 2.05) is 0 Å². The Hall–Kier alpha value is -2.86. The van der Waals surface area contributed by atoms with Crippen molar-refractivity contribution >= 4 is 25.4 Å². The number of nitrogens with one attached hydrogen (secondary N) is 2. The summed E-state index contributed by atoms with van der Waals surface area (Å²) in [6.07, 6.45) is -0.243. The highest BCUT2D eigenvalue weighted by Gasteiger charge is 2.28. The smallest absolute Gasteiger partial charge is 0.469 e. The summed E-state index contributed by atoms with van der Waals surface area (Å²) in [5, 5.41) is 35.7. The first-order chi connectivity index (χ1) is 14.9. The van der Waals surface area contributed by atoms with Crippen LogP contribution in [0.3, 0.4) is 0 Å². The molecule has 1 aromatic carbocycles. The zero-order valence-electron chi connectivity index (χ0n) is 17.2. The Morgan fingerprint density at radius 1 is 1.22 bits per heavy atom. The maximum atomic E-state index is 11.8. The van der Waals surface area contributed by atoms with Crippen LogP contribution in [0, 0.1) is 6.92 Å². The second-order valence-corrected chi connectivity index (χ2v) is 8.14. The number of aliphatic carboxylic acids is 1. The number of amides is 1. The molecular formula is C19H24N3O9P. The van der Waals surface area contributed by atoms with Crippen molar-refractivity contribution in [2.75, 3.05) is 5.32 Å². The number of aliphatic hydroxyl groups excluding tert-OH is 1. The standard InChI is InChI=1S/C19H24N3O9P/c1-10-17(24)15(13(7-20-10)9-31-32(28,29)30)8-21-16(19(26)27)18(25)12-3-5-14(6-4-12)22-11(2)23/h3-7,16,18,21,24-25H,8-9H2,1-2H3,(H,22,23)(H,26,27)(H2,28,29,30)/t16-,18+/m0/s1. The first-order valence-corrected chi connectivity index (χ1v) is 10.8. The number of aryl methyl sites for hydroxylation is 1. The number of pyridine rings is 1. The minimum absolute atomic E-state index is 0.116. The normalized spacial score (nSPS) is 13.4. The number of hydrogen-bond acceptors (Lipinski definition) is 8. The van der Waals surface area contributed by atoms with Crippen LogP contribution in [0.1, 0.15) is 35.4 Å². The minimum Gasteiger partial charge on any atom is -0.506 e. The lowest BCUT2D eigenvalue weighted by atomic mass is 10.0. The van der Waals surface area contributed by atoms with Crippen molar-refractivity contribution in [1.29, 1.82) is 0 Å². The average Bonchev–Trinajstić information content (AvgIpc) is 2.69. The molecule has 0 aliphatic carbocycles. The summed E-state index contributed by atoms with van der Waals surface area (Å²) < 4.78 is 15.4. The number of phosphoric acid groups is 1. The Morgan fingerprint density at radius 2 is 1.84 bits per heavy atom. The van der Waals surface area contributed by atoms with Crippen LogP contribution in [0.2, 0.25) is 0 Å². The fourth-order valence-electron chi connectivity index (χ4n) is 2.86. The van der Waals surface area contributed by atoms with Gasteiger partial charge < -0.3 is 30.4 Å². The molecule has 2 aromatic rings. The van der Waals surface area contributed by atoms with Gasteiger partial charge >= 0.3 is 13.8 Å². The molecule has 0 saturated carbocycles. The molecule has 12 nitrogen and oxygen atoms in total. The second-order valence-electron chi connectivity index (χ2n) is 6.90. The lowest BCUT2D eigenvalue weighted by Crippen LogP contribution is -2.41. The number of anilines is 1. The molecule has 2 rings (SSSR count). The van der Waals surface area contributed by atoms with Crippen LogP contribution >= 0.6 is 7.82 Å². The lowest BCUT2D eigenvalue weighted by molar-refractivity contribution is -0.142. The van der Waals surface area contributed by atoms with Crippen LogP contribution in [0.4, 0.5) is 5.69 Å². The molecule has 0 saturated heterocycles. The van der Waals surface area contributed by atoms with Crippen molar-refractivity contribution in [2.45, 2.75) is 39.1 Å². The maximum Gasteiger partial charge on any atom is 0.469 e. The number of carboxylic acid groups (broad SMARTS) is 1. The quantitative estimate of drug-likeness (QED) is 0.244. The van der Waals surface area contributed by atoms with Crippen molar-refractivity contribution in [3.05, 3.63) is 52.8 Å². The first-order valence-electron chi connectivity index (χ1n) is 9.27. The van der Waals surface area contributed by atoms with Crippen LogP contribution < -0.4 is 10.6 Å². The van der Waals surface area contributed by atoms with E-state index in [-0.39, 0.29) is 40.6 Å². The minimum atomic E-state index is -4.79. The summed E-state index contributed by atoms with van der Waals surface area (Å²) in [4.78, 5) is 44.6. The third-order valence-corrected chi connectivity index (χ3v) is 4.94. The number of aliphatic hydroxyl groups is 1. The summed E-state index contributed by atoms with van der Waals surface area (Å²) in [6.45, 7) is 1.98. The van der Waals surface area contributed by atoms with Gasteiger partial charge in [-0.05, 0) is 24.6 Å². The first kappa shape index (κ1) is 25.4. The Balaban J connectivity index is 2.22. The van der Waals surface area contributed by atoms with Gasteiger partial charge in [0.25, 0.3) is 0 Å². The number of carbonyl (C=O) groups is 2. The van der Waals surface area contributed by atoms with Gasteiger partial charge in [0, 0.05) is 36.5 Å². The number of benzene rings is 1. The van der Waals surface area contributed by atoms with Gasteiger partial charge in [0.1, 0.15) is 17.9 Å². The van der Waals surface area contributed by atoms with Crippen LogP contribution in [0.25, 0.3) is 0 Å². The number of phosphoric ester groups is 1. The van der Waals surface area contributed by atoms with E-state index in [1.54, 1.807) is 0 Å². The van der Waals surface area contributed by atoms with Gasteiger partial charge in [-0.25, -0.2) is 4.57 Å². The van der Waals surface area contributed by atoms with Gasteiger partial charge in [-0.2, -0.15) is 0 Å². The number of rotatable bonds is 10. The van der Waals surface area contributed by atoms with Gasteiger partial charge in [-0.15, -0.1) is 0 Å². The fourth-order valence-corrected chi connectivity index (χ4v) is 3.17. The molecule has 13 heteroatoms. The van der Waals surface area contributed by atoms with E-state index in [4.69, 9.17) is 9.79 Å². The van der Waals surface area contributed by atoms with Crippen LogP contribution in [-0.2, 0) is 31.8 Å². The molecule has 7 N–H and O–H groups in total. The summed E-state index contributed by atoms with van der Waals surface area (Å²) in [7, 11) is -4.79. The SMILES string of the molecule is CC(=O)Nc1ccc([C@@H](O)[C@H](NCc2c(COP(=O)(O)O)cnc(C)c2O)C(=O)O)cc1. The van der Waals surface area contributed by atoms with Gasteiger partial charge in [0.15, 0.2) is 0 Å². The molecule has 0 aliphatic heterocycles. The van der Waals surface area contributed by atoms with Crippen LogP contribution in [0.15, 0.2) is 30.5 Å². The predicted molar refractivity (Wildman–Crippen MR) is 111 cm³/mol. The molecule has 0 radical (unpaired) electrons. The molecule has 0 spiro atoms. The molecule has 1 amide bonds. The molecule has 1 aromatic heterocycles. The van der Waals surface area contributed by atoms with Crippen molar-refractivity contribution in [1.82, 2.24) is 10.3 Å². The molecule has 32 heavy (non-hydrogen) atoms. The summed E-state index contributed by atoms with van der Waals surface area (Å²) in [6, 6.07) is 4.44. The zero-order valence-corrected chi connectivity index (χ0v) is 18.1. The molecule has 2 atom stereocenters. The van der Waals surface area contributed by atoms with E-state index < -0.39 is 32.5 Å². The van der Waals surface area contributed by atoms with Crippen LogP contribution in [0.5, 0.6) is 5.75 Å². The van der Waals surface area contributed by atoms with Gasteiger partial charge in [0.2, 0.25) is 5.91 Å².